The van der Waals surface area contributed by atoms with Crippen molar-refractivity contribution in [3.05, 3.63) is 23.9 Å². The molecule has 0 spiro atoms. The van der Waals surface area contributed by atoms with Crippen molar-refractivity contribution in [2.45, 2.75) is 32.6 Å². The molecule has 1 aromatic carbocycles. The lowest BCUT2D eigenvalue weighted by atomic mass is 9.92. The number of piperazine rings is 1. The molecule has 3 heterocycles. The van der Waals surface area contributed by atoms with Crippen molar-refractivity contribution in [2.75, 3.05) is 31.1 Å². The molecule has 26 heavy (non-hydrogen) atoms. The molecular formula is C19H27N5O2. The summed E-state index contributed by atoms with van der Waals surface area (Å²) in [4.78, 5) is 26.0. The molecule has 2 aliphatic heterocycles. The van der Waals surface area contributed by atoms with Gasteiger partial charge in [0.2, 0.25) is 11.8 Å². The molecule has 2 saturated heterocycles. The minimum absolute atomic E-state index is 0.196. The number of nitrogens with one attached hydrogen (secondary N) is 2. The molecule has 0 aliphatic carbocycles. The molecule has 2 fully saturated rings. The lowest BCUT2D eigenvalue weighted by molar-refractivity contribution is -0.134. The number of aromatic nitrogens is 2. The Labute approximate surface area is 153 Å². The Kier molecular flexibility index (Phi) is 5.56. The van der Waals surface area contributed by atoms with Crippen LogP contribution in [0, 0.1) is 0 Å². The minimum atomic E-state index is -0.357. The molecule has 1 aromatic heterocycles. The third kappa shape index (κ3) is 3.31. The van der Waals surface area contributed by atoms with Crippen LogP contribution in [0.2, 0.25) is 0 Å². The Bertz CT molecular complexity index is 808. The second-order valence-corrected chi connectivity index (χ2v) is 6.42. The monoisotopic (exact) mass is 357 g/mol. The number of imide groups is 1. The third-order valence-electron chi connectivity index (χ3n) is 4.90. The molecule has 140 valence electrons. The number of hydrogen-bond donors (Lipinski definition) is 2. The van der Waals surface area contributed by atoms with E-state index in [0.29, 0.717) is 12.8 Å². The van der Waals surface area contributed by atoms with Gasteiger partial charge in [0.1, 0.15) is 0 Å². The Hall–Kier alpha value is -2.41. The summed E-state index contributed by atoms with van der Waals surface area (Å²) in [7, 11) is 1.92. The number of piperidine rings is 1. The summed E-state index contributed by atoms with van der Waals surface area (Å²) in [6.07, 6.45) is 0.889. The van der Waals surface area contributed by atoms with E-state index in [1.54, 1.807) is 0 Å². The molecule has 1 unspecified atom stereocenters. The third-order valence-corrected chi connectivity index (χ3v) is 4.90. The first-order valence-corrected chi connectivity index (χ1v) is 9.40. The van der Waals surface area contributed by atoms with Crippen LogP contribution in [-0.2, 0) is 16.6 Å². The first kappa shape index (κ1) is 18.4. The number of para-hydroxylation sites is 1. The van der Waals surface area contributed by atoms with Crippen LogP contribution in [0.3, 0.4) is 0 Å². The lowest BCUT2D eigenvalue weighted by Crippen LogP contribution is -2.43. The van der Waals surface area contributed by atoms with Gasteiger partial charge < -0.3 is 10.2 Å². The fourth-order valence-electron chi connectivity index (χ4n) is 3.72. The summed E-state index contributed by atoms with van der Waals surface area (Å²) >= 11 is 0. The van der Waals surface area contributed by atoms with Crippen LogP contribution < -0.4 is 15.5 Å². The highest BCUT2D eigenvalue weighted by atomic mass is 16.2. The Morgan fingerprint density at radius 3 is 2.58 bits per heavy atom. The number of carbonyl (C=O) groups excluding carboxylic acids is 2. The zero-order valence-corrected chi connectivity index (χ0v) is 15.7. The van der Waals surface area contributed by atoms with Crippen molar-refractivity contribution in [2.24, 2.45) is 7.05 Å². The average Bonchev–Trinajstić information content (AvgIpc) is 3.01. The Morgan fingerprint density at radius 2 is 1.88 bits per heavy atom. The van der Waals surface area contributed by atoms with Gasteiger partial charge in [-0.1, -0.05) is 26.0 Å². The molecule has 2 N–H and O–H groups in total. The fourth-order valence-corrected chi connectivity index (χ4v) is 3.72. The largest absolute Gasteiger partial charge is 0.367 e. The van der Waals surface area contributed by atoms with E-state index >= 15 is 0 Å². The molecular weight excluding hydrogens is 330 g/mol. The predicted molar refractivity (Wildman–Crippen MR) is 102 cm³/mol. The normalized spacial score (nSPS) is 20.6. The quantitative estimate of drug-likeness (QED) is 0.797. The van der Waals surface area contributed by atoms with E-state index in [9.17, 15) is 9.59 Å². The topological polar surface area (TPSA) is 79.3 Å². The molecule has 2 amide bonds. The van der Waals surface area contributed by atoms with E-state index in [-0.39, 0.29) is 17.7 Å². The van der Waals surface area contributed by atoms with Gasteiger partial charge in [-0.25, -0.2) is 0 Å². The maximum absolute atomic E-state index is 12.2. The second-order valence-electron chi connectivity index (χ2n) is 6.42. The molecule has 2 aliphatic rings. The van der Waals surface area contributed by atoms with Gasteiger partial charge in [-0.3, -0.25) is 19.6 Å². The van der Waals surface area contributed by atoms with Crippen LogP contribution in [0.25, 0.3) is 10.9 Å². The number of fused-ring (bicyclic) bond motifs is 1. The van der Waals surface area contributed by atoms with E-state index in [2.05, 4.69) is 26.7 Å². The zero-order chi connectivity index (χ0) is 18.7. The van der Waals surface area contributed by atoms with Gasteiger partial charge in [-0.15, -0.1) is 0 Å². The highest BCUT2D eigenvalue weighted by molar-refractivity contribution is 6.03. The Balaban J connectivity index is 0.000000948. The predicted octanol–water partition coefficient (Wildman–Crippen LogP) is 1.53. The molecule has 0 radical (unpaired) electrons. The van der Waals surface area contributed by atoms with Crippen LogP contribution in [0.15, 0.2) is 18.2 Å². The maximum atomic E-state index is 12.2. The van der Waals surface area contributed by atoms with E-state index in [1.807, 2.05) is 37.7 Å². The van der Waals surface area contributed by atoms with E-state index in [4.69, 9.17) is 0 Å². The summed E-state index contributed by atoms with van der Waals surface area (Å²) in [6.45, 7) is 7.85. The van der Waals surface area contributed by atoms with E-state index < -0.39 is 0 Å². The smallest absolute Gasteiger partial charge is 0.235 e. The SMILES string of the molecule is CC.Cn1nc(C2CCC(=O)NC2=O)c2cccc(N3CCNCC3)c21. The van der Waals surface area contributed by atoms with Gasteiger partial charge in [0.15, 0.2) is 0 Å². The second kappa shape index (κ2) is 7.86. The molecule has 0 bridgehead atoms. The standard InChI is InChI=1S/C17H21N5O2.C2H6/c1-21-16-11(3-2-4-13(16)22-9-7-18-8-10-22)15(20-21)12-5-6-14(23)19-17(12)24;1-2/h2-4,12,18H,5-10H2,1H3,(H,19,23,24);1-2H3. The van der Waals surface area contributed by atoms with Crippen LogP contribution in [0.4, 0.5) is 5.69 Å². The van der Waals surface area contributed by atoms with Crippen LogP contribution in [0.1, 0.15) is 38.3 Å². The summed E-state index contributed by atoms with van der Waals surface area (Å²) < 4.78 is 1.87. The van der Waals surface area contributed by atoms with Crippen molar-refractivity contribution in [1.29, 1.82) is 0 Å². The minimum Gasteiger partial charge on any atom is -0.367 e. The lowest BCUT2D eigenvalue weighted by Gasteiger charge is -2.30. The fraction of sp³-hybridized carbons (Fsp3) is 0.526. The number of hydrogen-bond acceptors (Lipinski definition) is 5. The van der Waals surface area contributed by atoms with Crippen molar-refractivity contribution in [1.82, 2.24) is 20.4 Å². The molecule has 1 atom stereocenters. The highest BCUT2D eigenvalue weighted by Crippen LogP contribution is 2.34. The maximum Gasteiger partial charge on any atom is 0.235 e. The average molecular weight is 357 g/mol. The van der Waals surface area contributed by atoms with Gasteiger partial charge in [0.05, 0.1) is 22.8 Å². The van der Waals surface area contributed by atoms with Gasteiger partial charge in [-0.2, -0.15) is 5.10 Å². The number of amides is 2. The van der Waals surface area contributed by atoms with Crippen LogP contribution in [-0.4, -0.2) is 47.8 Å². The number of nitrogens with zero attached hydrogens (tertiary/aromatic N) is 3. The zero-order valence-electron chi connectivity index (χ0n) is 15.7. The number of anilines is 1. The summed E-state index contributed by atoms with van der Waals surface area (Å²) in [5.41, 5.74) is 2.98. The number of benzene rings is 1. The van der Waals surface area contributed by atoms with Gasteiger partial charge in [0, 0.05) is 45.0 Å². The highest BCUT2D eigenvalue weighted by Gasteiger charge is 2.32. The van der Waals surface area contributed by atoms with Crippen molar-refractivity contribution in [3.8, 4) is 0 Å². The van der Waals surface area contributed by atoms with E-state index in [1.165, 1.54) is 0 Å². The first-order valence-electron chi connectivity index (χ1n) is 9.40. The van der Waals surface area contributed by atoms with Crippen molar-refractivity contribution >= 4 is 28.4 Å². The van der Waals surface area contributed by atoms with Crippen LogP contribution in [0.5, 0.6) is 0 Å². The molecule has 4 rings (SSSR count). The summed E-state index contributed by atoms with van der Waals surface area (Å²) in [5.74, 6) is -0.790. The molecule has 7 nitrogen and oxygen atoms in total. The van der Waals surface area contributed by atoms with Gasteiger partial charge in [0.25, 0.3) is 0 Å². The molecule has 7 heteroatoms. The van der Waals surface area contributed by atoms with Crippen molar-refractivity contribution in [3.63, 3.8) is 0 Å². The summed E-state index contributed by atoms with van der Waals surface area (Å²) in [6, 6.07) is 6.16. The first-order chi connectivity index (χ1) is 12.6. The summed E-state index contributed by atoms with van der Waals surface area (Å²) in [5, 5.41) is 11.4. The molecule has 0 saturated carbocycles. The van der Waals surface area contributed by atoms with Crippen LogP contribution >= 0.6 is 0 Å². The molecule has 2 aromatic rings. The Morgan fingerprint density at radius 1 is 1.15 bits per heavy atom. The van der Waals surface area contributed by atoms with Crippen molar-refractivity contribution < 1.29 is 9.59 Å². The number of carbonyl (C=O) groups is 2. The number of rotatable bonds is 2. The number of aryl methyl sites for hydroxylation is 1. The van der Waals surface area contributed by atoms with Gasteiger partial charge in [-0.05, 0) is 12.5 Å². The van der Waals surface area contributed by atoms with E-state index in [0.717, 1.165) is 48.5 Å². The van der Waals surface area contributed by atoms with Gasteiger partial charge >= 0.3 is 0 Å².